The summed E-state index contributed by atoms with van der Waals surface area (Å²) in [4.78, 5) is 4.24. The molecule has 0 fully saturated rings. The van der Waals surface area contributed by atoms with E-state index in [1.165, 1.54) is 0 Å². The van der Waals surface area contributed by atoms with Gasteiger partial charge in [0.1, 0.15) is 5.82 Å². The van der Waals surface area contributed by atoms with Gasteiger partial charge in [0, 0.05) is 6.61 Å². The van der Waals surface area contributed by atoms with Gasteiger partial charge in [0.15, 0.2) is 0 Å². The molecule has 0 aliphatic carbocycles. The van der Waals surface area contributed by atoms with Gasteiger partial charge in [0.05, 0.1) is 25.5 Å². The Morgan fingerprint density at radius 3 is 2.76 bits per heavy atom. The number of pyridine rings is 1. The van der Waals surface area contributed by atoms with Gasteiger partial charge in [0.25, 0.3) is 0 Å². The Kier molecular flexibility index (Phi) is 6.54. The number of hydrazine groups is 1. The maximum Gasteiger partial charge on any atom is 0.140 e. The van der Waals surface area contributed by atoms with Crippen LogP contribution in [0.25, 0.3) is 0 Å². The third kappa shape index (κ3) is 6.21. The molecule has 1 heterocycles. The predicted molar refractivity (Wildman–Crippen MR) is 67.4 cm³/mol. The van der Waals surface area contributed by atoms with Crippen molar-refractivity contribution in [3.8, 4) is 0 Å². The number of nitrogens with two attached hydrogens (primary N) is 1. The zero-order valence-electron chi connectivity index (χ0n) is 10.5. The van der Waals surface area contributed by atoms with Crippen molar-refractivity contribution in [2.45, 2.75) is 20.5 Å². The predicted octanol–water partition coefficient (Wildman–Crippen LogP) is 1.56. The number of anilines is 1. The summed E-state index contributed by atoms with van der Waals surface area (Å²) in [6.07, 6.45) is 0. The van der Waals surface area contributed by atoms with Crippen LogP contribution >= 0.6 is 0 Å². The minimum absolute atomic E-state index is 0.473. The Bertz CT molecular complexity index is 318. The van der Waals surface area contributed by atoms with Crippen molar-refractivity contribution in [1.29, 1.82) is 0 Å². The molecule has 0 saturated carbocycles. The first kappa shape index (κ1) is 13.9. The van der Waals surface area contributed by atoms with Crippen molar-refractivity contribution >= 4 is 5.82 Å². The molecule has 0 atom stereocenters. The van der Waals surface area contributed by atoms with Gasteiger partial charge in [-0.3, -0.25) is 0 Å². The van der Waals surface area contributed by atoms with E-state index in [2.05, 4.69) is 24.3 Å². The lowest BCUT2D eigenvalue weighted by molar-refractivity contribution is 0.0305. The molecule has 0 aromatic carbocycles. The van der Waals surface area contributed by atoms with E-state index in [1.54, 1.807) is 6.07 Å². The fourth-order valence-corrected chi connectivity index (χ4v) is 1.25. The van der Waals surface area contributed by atoms with E-state index < -0.39 is 0 Å². The Hall–Kier alpha value is -1.17. The van der Waals surface area contributed by atoms with Crippen LogP contribution < -0.4 is 11.3 Å². The monoisotopic (exact) mass is 239 g/mol. The standard InChI is InChI=1S/C12H21N3O2/c1-10(2)8-16-6-7-17-9-11-4-3-5-12(14-11)15-13/h3-5,10H,6-9,13H2,1-2H3,(H,14,15). The lowest BCUT2D eigenvalue weighted by atomic mass is 10.2. The summed E-state index contributed by atoms with van der Waals surface area (Å²) in [6, 6.07) is 5.58. The number of rotatable bonds is 8. The maximum absolute atomic E-state index is 5.44. The van der Waals surface area contributed by atoms with Crippen molar-refractivity contribution in [2.24, 2.45) is 11.8 Å². The van der Waals surface area contributed by atoms with Crippen molar-refractivity contribution in [3.63, 3.8) is 0 Å². The second kappa shape index (κ2) is 8.00. The second-order valence-corrected chi connectivity index (χ2v) is 4.18. The minimum Gasteiger partial charge on any atom is -0.379 e. The molecule has 1 rings (SSSR count). The molecular formula is C12H21N3O2. The van der Waals surface area contributed by atoms with Crippen LogP contribution in [0.1, 0.15) is 19.5 Å². The number of hydrogen-bond acceptors (Lipinski definition) is 5. The van der Waals surface area contributed by atoms with Gasteiger partial charge in [0.2, 0.25) is 0 Å². The number of nitrogens with zero attached hydrogens (tertiary/aromatic N) is 1. The van der Waals surface area contributed by atoms with Crippen LogP contribution in [0.15, 0.2) is 18.2 Å². The summed E-state index contributed by atoms with van der Waals surface area (Å²) in [5.74, 6) is 6.47. The molecular weight excluding hydrogens is 218 g/mol. The lowest BCUT2D eigenvalue weighted by Crippen LogP contribution is -2.11. The molecule has 5 heteroatoms. The fourth-order valence-electron chi connectivity index (χ4n) is 1.25. The first-order chi connectivity index (χ1) is 8.22. The molecule has 0 unspecified atom stereocenters. The second-order valence-electron chi connectivity index (χ2n) is 4.18. The molecule has 0 radical (unpaired) electrons. The normalized spacial score (nSPS) is 10.8. The average molecular weight is 239 g/mol. The molecule has 0 aliphatic rings. The van der Waals surface area contributed by atoms with E-state index >= 15 is 0 Å². The topological polar surface area (TPSA) is 69.4 Å². The van der Waals surface area contributed by atoms with E-state index in [0.29, 0.717) is 31.6 Å². The minimum atomic E-state index is 0.473. The van der Waals surface area contributed by atoms with Gasteiger partial charge in [-0.05, 0) is 18.1 Å². The highest BCUT2D eigenvalue weighted by Crippen LogP contribution is 2.04. The molecule has 17 heavy (non-hydrogen) atoms. The van der Waals surface area contributed by atoms with Gasteiger partial charge in [-0.1, -0.05) is 19.9 Å². The molecule has 1 aromatic rings. The summed E-state index contributed by atoms with van der Waals surface area (Å²) in [5, 5.41) is 0. The highest BCUT2D eigenvalue weighted by Gasteiger charge is 1.97. The summed E-state index contributed by atoms with van der Waals surface area (Å²) >= 11 is 0. The van der Waals surface area contributed by atoms with Crippen molar-refractivity contribution in [2.75, 3.05) is 25.2 Å². The molecule has 3 N–H and O–H groups in total. The smallest absolute Gasteiger partial charge is 0.140 e. The summed E-state index contributed by atoms with van der Waals surface area (Å²) in [5.41, 5.74) is 3.35. The van der Waals surface area contributed by atoms with E-state index in [9.17, 15) is 0 Å². The molecule has 0 amide bonds. The highest BCUT2D eigenvalue weighted by atomic mass is 16.5. The van der Waals surface area contributed by atoms with Crippen molar-refractivity contribution in [1.82, 2.24) is 4.98 Å². The third-order valence-corrected chi connectivity index (χ3v) is 2.03. The molecule has 5 nitrogen and oxygen atoms in total. The van der Waals surface area contributed by atoms with Crippen LogP contribution in [0.4, 0.5) is 5.82 Å². The number of nitrogens with one attached hydrogen (secondary N) is 1. The first-order valence-corrected chi connectivity index (χ1v) is 5.80. The number of hydrogen-bond donors (Lipinski definition) is 2. The summed E-state index contributed by atoms with van der Waals surface area (Å²) in [7, 11) is 0. The number of ether oxygens (including phenoxy) is 2. The van der Waals surface area contributed by atoms with E-state index in [0.717, 1.165) is 12.3 Å². The van der Waals surface area contributed by atoms with Crippen LogP contribution in [0.2, 0.25) is 0 Å². The van der Waals surface area contributed by atoms with E-state index in [-0.39, 0.29) is 0 Å². The lowest BCUT2D eigenvalue weighted by Gasteiger charge is -2.08. The van der Waals surface area contributed by atoms with Crippen molar-refractivity contribution in [3.05, 3.63) is 23.9 Å². The van der Waals surface area contributed by atoms with E-state index in [1.807, 2.05) is 12.1 Å². The zero-order valence-corrected chi connectivity index (χ0v) is 10.5. The average Bonchev–Trinajstić information content (AvgIpc) is 2.33. The molecule has 0 aliphatic heterocycles. The summed E-state index contributed by atoms with van der Waals surface area (Å²) < 4.78 is 10.8. The molecule has 0 spiro atoms. The van der Waals surface area contributed by atoms with E-state index in [4.69, 9.17) is 15.3 Å². The SMILES string of the molecule is CC(C)COCCOCc1cccc(NN)n1. The van der Waals surface area contributed by atoms with Crippen LogP contribution in [-0.2, 0) is 16.1 Å². The molecule has 0 saturated heterocycles. The number of nitrogen functional groups attached to an aromatic ring is 1. The van der Waals surface area contributed by atoms with Gasteiger partial charge in [-0.15, -0.1) is 0 Å². The molecule has 96 valence electrons. The van der Waals surface area contributed by atoms with Gasteiger partial charge in [-0.2, -0.15) is 0 Å². The quantitative estimate of drug-likeness (QED) is 0.409. The van der Waals surface area contributed by atoms with Crippen molar-refractivity contribution < 1.29 is 9.47 Å². The Morgan fingerprint density at radius 2 is 2.06 bits per heavy atom. The first-order valence-electron chi connectivity index (χ1n) is 5.80. The number of aromatic nitrogens is 1. The zero-order chi connectivity index (χ0) is 12.5. The Balaban J connectivity index is 2.13. The fraction of sp³-hybridized carbons (Fsp3) is 0.583. The van der Waals surface area contributed by atoms with Crippen LogP contribution in [0, 0.1) is 5.92 Å². The van der Waals surface area contributed by atoms with Crippen LogP contribution in [0.3, 0.4) is 0 Å². The highest BCUT2D eigenvalue weighted by molar-refractivity contribution is 5.33. The van der Waals surface area contributed by atoms with Gasteiger partial charge in [-0.25, -0.2) is 10.8 Å². The van der Waals surface area contributed by atoms with Crippen LogP contribution in [0.5, 0.6) is 0 Å². The van der Waals surface area contributed by atoms with Gasteiger partial charge >= 0.3 is 0 Å². The Labute approximate surface area is 102 Å². The third-order valence-electron chi connectivity index (χ3n) is 2.03. The molecule has 0 bridgehead atoms. The van der Waals surface area contributed by atoms with Gasteiger partial charge < -0.3 is 14.9 Å². The largest absolute Gasteiger partial charge is 0.379 e. The summed E-state index contributed by atoms with van der Waals surface area (Å²) in [6.45, 7) is 6.68. The Morgan fingerprint density at radius 1 is 1.29 bits per heavy atom. The van der Waals surface area contributed by atoms with Crippen LogP contribution in [-0.4, -0.2) is 24.8 Å². The maximum atomic E-state index is 5.44. The molecule has 1 aromatic heterocycles.